The molecule has 0 aromatic carbocycles. The number of hydrogen-bond acceptors (Lipinski definition) is 3. The Balaban J connectivity index is 1.93. The Morgan fingerprint density at radius 1 is 1.31 bits per heavy atom. The summed E-state index contributed by atoms with van der Waals surface area (Å²) in [5.41, 5.74) is 6.64. The zero-order valence-electron chi connectivity index (χ0n) is 10.9. The zero-order valence-corrected chi connectivity index (χ0v) is 11.7. The van der Waals surface area contributed by atoms with Crippen LogP contribution in [0.5, 0.6) is 0 Å². The van der Waals surface area contributed by atoms with Crippen LogP contribution in [-0.4, -0.2) is 41.1 Å². The molecule has 0 bridgehead atoms. The van der Waals surface area contributed by atoms with Crippen molar-refractivity contribution in [1.82, 2.24) is 4.90 Å². The minimum absolute atomic E-state index is 0.376. The maximum Gasteiger partial charge on any atom is 0.0149 e. The third-order valence-corrected chi connectivity index (χ3v) is 5.47. The Hall–Kier alpha value is 0.270. The fraction of sp³-hybridized carbons (Fsp3) is 1.00. The van der Waals surface area contributed by atoms with E-state index in [0.29, 0.717) is 11.5 Å². The van der Waals surface area contributed by atoms with Crippen LogP contribution in [0.1, 0.15) is 40.0 Å². The molecule has 2 nitrogen and oxygen atoms in total. The van der Waals surface area contributed by atoms with Gasteiger partial charge in [-0.3, -0.25) is 0 Å². The van der Waals surface area contributed by atoms with Gasteiger partial charge in [0.15, 0.2) is 0 Å². The molecule has 2 aliphatic rings. The lowest BCUT2D eigenvalue weighted by atomic mass is 9.84. The summed E-state index contributed by atoms with van der Waals surface area (Å²) in [4.78, 5) is 2.65. The van der Waals surface area contributed by atoms with Crippen LogP contribution in [0.4, 0.5) is 0 Å². The summed E-state index contributed by atoms with van der Waals surface area (Å²) in [5, 5.41) is 1.56. The molecule has 2 fully saturated rings. The van der Waals surface area contributed by atoms with Gasteiger partial charge in [-0.2, -0.15) is 11.8 Å². The molecule has 0 spiro atoms. The van der Waals surface area contributed by atoms with Gasteiger partial charge in [-0.25, -0.2) is 0 Å². The van der Waals surface area contributed by atoms with Gasteiger partial charge in [0.1, 0.15) is 0 Å². The highest BCUT2D eigenvalue weighted by Gasteiger charge is 2.38. The minimum atomic E-state index is 0.376. The summed E-state index contributed by atoms with van der Waals surface area (Å²) < 4.78 is 0. The third-order valence-electron chi connectivity index (χ3n) is 4.24. The largest absolute Gasteiger partial charge is 0.327 e. The van der Waals surface area contributed by atoms with E-state index in [2.05, 4.69) is 37.4 Å². The van der Waals surface area contributed by atoms with Crippen molar-refractivity contribution in [2.45, 2.75) is 56.6 Å². The molecule has 0 amide bonds. The fourth-order valence-electron chi connectivity index (χ4n) is 3.38. The minimum Gasteiger partial charge on any atom is -0.327 e. The zero-order chi connectivity index (χ0) is 11.8. The van der Waals surface area contributed by atoms with E-state index in [4.69, 9.17) is 5.73 Å². The average Bonchev–Trinajstić information content (AvgIpc) is 2.44. The molecule has 3 heteroatoms. The first-order chi connectivity index (χ1) is 7.49. The van der Waals surface area contributed by atoms with Crippen LogP contribution in [0, 0.1) is 5.41 Å². The van der Waals surface area contributed by atoms with E-state index in [1.54, 1.807) is 0 Å². The third kappa shape index (κ3) is 2.74. The van der Waals surface area contributed by atoms with Gasteiger partial charge in [0.2, 0.25) is 0 Å². The average molecular weight is 242 g/mol. The summed E-state index contributed by atoms with van der Waals surface area (Å²) in [6, 6.07) is 0.424. The highest BCUT2D eigenvalue weighted by Crippen LogP contribution is 2.38. The van der Waals surface area contributed by atoms with Gasteiger partial charge in [0.05, 0.1) is 0 Å². The van der Waals surface area contributed by atoms with Crippen LogP contribution in [0.15, 0.2) is 0 Å². The van der Waals surface area contributed by atoms with E-state index in [9.17, 15) is 0 Å². The molecule has 2 rings (SSSR count). The normalized spacial score (nSPS) is 46.1. The van der Waals surface area contributed by atoms with E-state index in [-0.39, 0.29) is 0 Å². The topological polar surface area (TPSA) is 29.3 Å². The lowest BCUT2D eigenvalue weighted by molar-refractivity contribution is 0.151. The van der Waals surface area contributed by atoms with E-state index < -0.39 is 0 Å². The smallest absolute Gasteiger partial charge is 0.0149 e. The first-order valence-electron chi connectivity index (χ1n) is 6.63. The Morgan fingerprint density at radius 2 is 1.94 bits per heavy atom. The highest BCUT2D eigenvalue weighted by molar-refractivity contribution is 8.00. The van der Waals surface area contributed by atoms with E-state index in [1.165, 1.54) is 38.9 Å². The predicted octanol–water partition coefficient (Wildman–Crippen LogP) is 2.33. The molecule has 16 heavy (non-hydrogen) atoms. The summed E-state index contributed by atoms with van der Waals surface area (Å²) in [7, 11) is 0. The summed E-state index contributed by atoms with van der Waals surface area (Å²) in [6.07, 6.45) is 3.87. The first kappa shape index (κ1) is 12.7. The van der Waals surface area contributed by atoms with Crippen LogP contribution in [0.3, 0.4) is 0 Å². The molecular formula is C13H26N2S. The number of rotatable bonds is 2. The van der Waals surface area contributed by atoms with Crippen molar-refractivity contribution in [2.24, 2.45) is 11.1 Å². The molecule has 1 saturated carbocycles. The molecule has 1 heterocycles. The second-order valence-corrected chi connectivity index (χ2v) is 7.99. The lowest BCUT2D eigenvalue weighted by Crippen LogP contribution is -2.49. The van der Waals surface area contributed by atoms with Crippen LogP contribution in [0.25, 0.3) is 0 Å². The number of nitrogens with two attached hydrogens (primary N) is 1. The van der Waals surface area contributed by atoms with E-state index in [0.717, 1.165) is 10.5 Å². The maximum atomic E-state index is 6.27. The van der Waals surface area contributed by atoms with Crippen LogP contribution in [0.2, 0.25) is 0 Å². The molecule has 2 N–H and O–H groups in total. The molecule has 0 aromatic heterocycles. The second-order valence-electron chi connectivity index (χ2n) is 6.10. The van der Waals surface area contributed by atoms with Crippen molar-refractivity contribution in [2.75, 3.05) is 19.6 Å². The Kier molecular flexibility index (Phi) is 3.87. The van der Waals surface area contributed by atoms with Gasteiger partial charge in [-0.05, 0) is 18.3 Å². The molecule has 1 saturated heterocycles. The molecule has 4 atom stereocenters. The van der Waals surface area contributed by atoms with Gasteiger partial charge in [0, 0.05) is 36.2 Å². The van der Waals surface area contributed by atoms with Gasteiger partial charge < -0.3 is 10.6 Å². The number of hydrogen-bond donors (Lipinski definition) is 1. The van der Waals surface area contributed by atoms with Crippen molar-refractivity contribution in [3.8, 4) is 0 Å². The Bertz CT molecular complexity index is 236. The van der Waals surface area contributed by atoms with Gasteiger partial charge >= 0.3 is 0 Å². The maximum absolute atomic E-state index is 6.27. The van der Waals surface area contributed by atoms with Gasteiger partial charge in [-0.15, -0.1) is 0 Å². The van der Waals surface area contributed by atoms with Crippen LogP contribution < -0.4 is 5.73 Å². The molecule has 1 aliphatic heterocycles. The SMILES string of the molecule is CC1CN(CC2(C)CCCC2N)CC(C)S1. The first-order valence-corrected chi connectivity index (χ1v) is 7.57. The molecular weight excluding hydrogens is 216 g/mol. The van der Waals surface area contributed by atoms with Crippen LogP contribution >= 0.6 is 11.8 Å². The van der Waals surface area contributed by atoms with Crippen molar-refractivity contribution >= 4 is 11.8 Å². The number of thioether (sulfide) groups is 1. The monoisotopic (exact) mass is 242 g/mol. The van der Waals surface area contributed by atoms with Gasteiger partial charge in [0.25, 0.3) is 0 Å². The summed E-state index contributed by atoms with van der Waals surface area (Å²) >= 11 is 2.13. The molecule has 0 radical (unpaired) electrons. The highest BCUT2D eigenvalue weighted by atomic mass is 32.2. The number of nitrogens with zero attached hydrogens (tertiary/aromatic N) is 1. The predicted molar refractivity (Wildman–Crippen MR) is 72.9 cm³/mol. The molecule has 0 aromatic rings. The quantitative estimate of drug-likeness (QED) is 0.806. The Morgan fingerprint density at radius 3 is 2.44 bits per heavy atom. The Labute approximate surface area is 104 Å². The molecule has 1 aliphatic carbocycles. The fourth-order valence-corrected chi connectivity index (χ4v) is 4.77. The van der Waals surface area contributed by atoms with Gasteiger partial charge in [-0.1, -0.05) is 27.2 Å². The van der Waals surface area contributed by atoms with E-state index >= 15 is 0 Å². The second kappa shape index (κ2) is 4.87. The van der Waals surface area contributed by atoms with Crippen molar-refractivity contribution in [3.63, 3.8) is 0 Å². The standard InChI is InChI=1S/C13H26N2S/c1-10-7-15(8-11(2)16-10)9-13(3)6-4-5-12(13)14/h10-12H,4-9,14H2,1-3H3. The van der Waals surface area contributed by atoms with Crippen molar-refractivity contribution < 1.29 is 0 Å². The van der Waals surface area contributed by atoms with E-state index in [1.807, 2.05) is 0 Å². The van der Waals surface area contributed by atoms with Crippen molar-refractivity contribution in [3.05, 3.63) is 0 Å². The molecule has 94 valence electrons. The van der Waals surface area contributed by atoms with Crippen LogP contribution in [-0.2, 0) is 0 Å². The summed E-state index contributed by atoms with van der Waals surface area (Å²) in [6.45, 7) is 10.8. The lowest BCUT2D eigenvalue weighted by Gasteiger charge is -2.41. The van der Waals surface area contributed by atoms with Crippen molar-refractivity contribution in [1.29, 1.82) is 0 Å². The molecule has 4 unspecified atom stereocenters. The summed E-state index contributed by atoms with van der Waals surface area (Å²) in [5.74, 6) is 0.